The Morgan fingerprint density at radius 2 is 1.34 bits per heavy atom. The van der Waals surface area contributed by atoms with Crippen molar-refractivity contribution in [1.29, 1.82) is 0 Å². The smallest absolute Gasteiger partial charge is 0.359 e. The number of nitrogens with zero attached hydrogens (tertiary/aromatic N) is 3. The number of carbonyl (C=O) groups is 3. The second kappa shape index (κ2) is 13.9. The van der Waals surface area contributed by atoms with E-state index in [1.807, 2.05) is 0 Å². The zero-order valence-electron chi connectivity index (χ0n) is 24.6. The Labute approximate surface area is 267 Å². The Morgan fingerprint density at radius 3 is 1.87 bits per heavy atom. The summed E-state index contributed by atoms with van der Waals surface area (Å²) in [6.45, 7) is 3.12. The Kier molecular flexibility index (Phi) is 10.2. The number of carbonyl (C=O) groups excluding carboxylic acids is 3. The zero-order chi connectivity index (χ0) is 34.5. The highest BCUT2D eigenvalue weighted by Gasteiger charge is 2.35. The molecule has 0 fully saturated rings. The SMILES string of the molecule is CCOC(=O)C1=NN(c2ccc(S(=O)(=O)O)cc2)C(=O)/C1=C/C=C/C=C/c1c(C(=O)OCC)[nH]n(-c2ccc(S(=O)(=O)O)cc2)c1=O. The Morgan fingerprint density at radius 1 is 0.809 bits per heavy atom. The van der Waals surface area contributed by atoms with Gasteiger partial charge in [0, 0.05) is 0 Å². The first-order valence-corrected chi connectivity index (χ1v) is 16.4. The molecule has 0 unspecified atom stereocenters. The van der Waals surface area contributed by atoms with Crippen LogP contribution in [0.25, 0.3) is 11.8 Å². The number of hydrogen-bond acceptors (Lipinski definition) is 11. The highest BCUT2D eigenvalue weighted by Crippen LogP contribution is 2.26. The van der Waals surface area contributed by atoms with Crippen molar-refractivity contribution in [1.82, 2.24) is 9.78 Å². The van der Waals surface area contributed by atoms with Crippen LogP contribution in [0.4, 0.5) is 5.69 Å². The predicted molar refractivity (Wildman–Crippen MR) is 166 cm³/mol. The van der Waals surface area contributed by atoms with Crippen LogP contribution in [0.5, 0.6) is 0 Å². The number of rotatable bonds is 11. The summed E-state index contributed by atoms with van der Waals surface area (Å²) in [6.07, 6.45) is 6.64. The molecule has 0 saturated heterocycles. The number of H-pyrrole nitrogens is 1. The molecule has 1 amide bonds. The van der Waals surface area contributed by atoms with E-state index in [4.69, 9.17) is 9.47 Å². The molecule has 3 N–H and O–H groups in total. The van der Waals surface area contributed by atoms with E-state index in [1.54, 1.807) is 13.8 Å². The standard InChI is InChI=1S/C29H26N4O12S2/c1-3-44-28(36)24-22(26(34)32(30-24)18-10-14-20(15-11-18)46(38,39)40)8-6-5-7-9-23-25(29(37)45-4-2)31-33(27(23)35)19-12-16-21(17-13-19)47(41,42)43/h5-17,30H,3-4H2,1-2H3,(H,38,39,40)(H,41,42,43)/b7-5+,8-6+,23-9+. The van der Waals surface area contributed by atoms with Gasteiger partial charge in [-0.2, -0.15) is 26.9 Å². The molecule has 0 bridgehead atoms. The summed E-state index contributed by atoms with van der Waals surface area (Å²) in [6, 6.07) is 9.15. The van der Waals surface area contributed by atoms with Crippen molar-refractivity contribution in [3.63, 3.8) is 0 Å². The molecule has 4 rings (SSSR count). The number of nitrogens with one attached hydrogen (secondary N) is 1. The summed E-state index contributed by atoms with van der Waals surface area (Å²) in [7, 11) is -8.96. The summed E-state index contributed by atoms with van der Waals surface area (Å²) < 4.78 is 74.9. The lowest BCUT2D eigenvalue weighted by Gasteiger charge is -2.11. The maximum absolute atomic E-state index is 13.2. The van der Waals surface area contributed by atoms with E-state index in [0.717, 1.165) is 34.0 Å². The first-order chi connectivity index (χ1) is 22.2. The second-order valence-corrected chi connectivity index (χ2v) is 12.2. The summed E-state index contributed by atoms with van der Waals surface area (Å²) in [5, 5.41) is 7.52. The molecule has 0 radical (unpaired) electrons. The summed E-state index contributed by atoms with van der Waals surface area (Å²) in [5.74, 6) is -2.50. The van der Waals surface area contributed by atoms with E-state index in [0.29, 0.717) is 0 Å². The molecule has 16 nitrogen and oxygen atoms in total. The third kappa shape index (κ3) is 7.69. The number of hydrogen-bond donors (Lipinski definition) is 3. The van der Waals surface area contributed by atoms with Crippen molar-refractivity contribution >= 4 is 55.6 Å². The molecule has 1 aliphatic rings. The lowest BCUT2D eigenvalue weighted by molar-refractivity contribution is -0.135. The monoisotopic (exact) mass is 686 g/mol. The van der Waals surface area contributed by atoms with Gasteiger partial charge in [0.1, 0.15) is 0 Å². The van der Waals surface area contributed by atoms with E-state index >= 15 is 0 Å². The number of aromatic amines is 1. The lowest BCUT2D eigenvalue weighted by Crippen LogP contribution is -2.22. The second-order valence-electron chi connectivity index (χ2n) is 9.31. The number of benzene rings is 2. The summed E-state index contributed by atoms with van der Waals surface area (Å²) >= 11 is 0. The summed E-state index contributed by atoms with van der Waals surface area (Å²) in [4.78, 5) is 50.8. The topological polar surface area (TPSA) is 232 Å². The van der Waals surface area contributed by atoms with Gasteiger partial charge in [0.2, 0.25) is 0 Å². The average molecular weight is 687 g/mol. The molecule has 47 heavy (non-hydrogen) atoms. The fraction of sp³-hybridized carbons (Fsp3) is 0.138. The minimum absolute atomic E-state index is 0.00576. The van der Waals surface area contributed by atoms with Gasteiger partial charge in [0.15, 0.2) is 11.4 Å². The maximum Gasteiger partial charge on any atom is 0.359 e. The van der Waals surface area contributed by atoms with Gasteiger partial charge in [0.25, 0.3) is 31.7 Å². The molecule has 246 valence electrons. The normalized spacial score (nSPS) is 14.7. The zero-order valence-corrected chi connectivity index (χ0v) is 26.2. The molecule has 2 aromatic carbocycles. The van der Waals surface area contributed by atoms with Gasteiger partial charge in [-0.05, 0) is 74.5 Å². The van der Waals surface area contributed by atoms with Gasteiger partial charge >= 0.3 is 11.9 Å². The Bertz CT molecular complexity index is 2120. The van der Waals surface area contributed by atoms with E-state index < -0.39 is 53.4 Å². The molecule has 0 saturated carbocycles. The molecule has 0 atom stereocenters. The third-order valence-corrected chi connectivity index (χ3v) is 8.01. The van der Waals surface area contributed by atoms with Gasteiger partial charge < -0.3 is 9.47 Å². The molecule has 0 spiro atoms. The van der Waals surface area contributed by atoms with E-state index in [2.05, 4.69) is 10.2 Å². The van der Waals surface area contributed by atoms with Crippen molar-refractivity contribution in [3.05, 3.63) is 100 Å². The van der Waals surface area contributed by atoms with Crippen LogP contribution in [0.2, 0.25) is 0 Å². The molecule has 3 aromatic rings. The quantitative estimate of drug-likeness (QED) is 0.114. The van der Waals surface area contributed by atoms with E-state index in [-0.39, 0.29) is 47.1 Å². The van der Waals surface area contributed by atoms with E-state index in [1.165, 1.54) is 54.6 Å². The molecular formula is C29H26N4O12S2. The van der Waals surface area contributed by atoms with Gasteiger partial charge in [-0.3, -0.25) is 23.8 Å². The van der Waals surface area contributed by atoms with Crippen LogP contribution in [0, 0.1) is 0 Å². The molecule has 0 aliphatic carbocycles. The van der Waals surface area contributed by atoms with Gasteiger partial charge in [-0.25, -0.2) is 14.3 Å². The number of aromatic nitrogens is 2. The lowest BCUT2D eigenvalue weighted by atomic mass is 10.1. The van der Waals surface area contributed by atoms with E-state index in [9.17, 15) is 45.1 Å². The first kappa shape index (κ1) is 34.4. The Balaban J connectivity index is 1.65. The number of esters is 2. The van der Waals surface area contributed by atoms with Crippen molar-refractivity contribution in [3.8, 4) is 5.69 Å². The van der Waals surface area contributed by atoms with Crippen molar-refractivity contribution < 1.29 is 49.8 Å². The number of anilines is 1. The van der Waals surface area contributed by atoms with Gasteiger partial charge in [-0.1, -0.05) is 18.2 Å². The van der Waals surface area contributed by atoms with Gasteiger partial charge in [0.05, 0.1) is 45.5 Å². The third-order valence-electron chi connectivity index (χ3n) is 6.27. The van der Waals surface area contributed by atoms with Crippen molar-refractivity contribution in [2.24, 2.45) is 5.10 Å². The number of allylic oxidation sites excluding steroid dienone is 4. The van der Waals surface area contributed by atoms with Crippen LogP contribution in [0.1, 0.15) is 29.9 Å². The van der Waals surface area contributed by atoms with Crippen LogP contribution in [0.15, 0.2) is 98.1 Å². The molecular weight excluding hydrogens is 660 g/mol. The van der Waals surface area contributed by atoms with Crippen LogP contribution in [0.3, 0.4) is 0 Å². The van der Waals surface area contributed by atoms with Gasteiger partial charge in [-0.15, -0.1) is 0 Å². The maximum atomic E-state index is 13.2. The number of hydrazone groups is 1. The fourth-order valence-electron chi connectivity index (χ4n) is 4.13. The largest absolute Gasteiger partial charge is 0.461 e. The average Bonchev–Trinajstić information content (AvgIpc) is 3.52. The highest BCUT2D eigenvalue weighted by atomic mass is 32.2. The van der Waals surface area contributed by atoms with Crippen LogP contribution >= 0.6 is 0 Å². The summed E-state index contributed by atoms with van der Waals surface area (Å²) in [5.41, 5.74) is -1.29. The van der Waals surface area contributed by atoms with Crippen LogP contribution in [-0.2, 0) is 39.3 Å². The molecule has 1 aromatic heterocycles. The van der Waals surface area contributed by atoms with Crippen molar-refractivity contribution in [2.45, 2.75) is 23.6 Å². The molecule has 18 heteroatoms. The van der Waals surface area contributed by atoms with Crippen molar-refractivity contribution in [2.75, 3.05) is 18.2 Å². The molecule has 1 aliphatic heterocycles. The predicted octanol–water partition coefficient (Wildman–Crippen LogP) is 2.30. The Hall–Kier alpha value is -5.43. The number of amides is 1. The first-order valence-electron chi connectivity index (χ1n) is 13.5. The fourth-order valence-corrected chi connectivity index (χ4v) is 5.09. The number of ether oxygens (including phenoxy) is 2. The molecule has 2 heterocycles. The van der Waals surface area contributed by atoms with Crippen LogP contribution in [-0.4, -0.2) is 72.5 Å². The minimum Gasteiger partial charge on any atom is -0.461 e. The minimum atomic E-state index is -4.49. The highest BCUT2D eigenvalue weighted by molar-refractivity contribution is 7.86. The van der Waals surface area contributed by atoms with Crippen LogP contribution < -0.4 is 10.6 Å².